The molecule has 1 unspecified atom stereocenters. The summed E-state index contributed by atoms with van der Waals surface area (Å²) in [5.74, 6) is 2.27. The first-order chi connectivity index (χ1) is 7.72. The SMILES string of the molecule is CCC(N)CSCCCc1ccc(N)cc1. The molecule has 0 aliphatic rings. The van der Waals surface area contributed by atoms with Gasteiger partial charge in [0, 0.05) is 17.5 Å². The van der Waals surface area contributed by atoms with Gasteiger partial charge in [-0.25, -0.2) is 0 Å². The van der Waals surface area contributed by atoms with Gasteiger partial charge in [0.15, 0.2) is 0 Å². The number of benzene rings is 1. The van der Waals surface area contributed by atoms with Crippen molar-refractivity contribution in [3.8, 4) is 0 Å². The molecule has 2 nitrogen and oxygen atoms in total. The lowest BCUT2D eigenvalue weighted by molar-refractivity contribution is 0.724. The third kappa shape index (κ3) is 5.42. The summed E-state index contributed by atoms with van der Waals surface area (Å²) < 4.78 is 0. The summed E-state index contributed by atoms with van der Waals surface area (Å²) in [6.07, 6.45) is 3.42. The van der Waals surface area contributed by atoms with E-state index in [2.05, 4.69) is 19.1 Å². The molecule has 0 saturated heterocycles. The third-order valence-corrected chi connectivity index (χ3v) is 3.83. The van der Waals surface area contributed by atoms with Crippen molar-refractivity contribution in [2.75, 3.05) is 17.2 Å². The Morgan fingerprint density at radius 2 is 1.94 bits per heavy atom. The molecule has 3 heteroatoms. The van der Waals surface area contributed by atoms with E-state index in [9.17, 15) is 0 Å². The van der Waals surface area contributed by atoms with Crippen molar-refractivity contribution in [1.82, 2.24) is 0 Å². The molecule has 0 aromatic heterocycles. The molecule has 0 aliphatic carbocycles. The van der Waals surface area contributed by atoms with E-state index in [1.165, 1.54) is 17.7 Å². The van der Waals surface area contributed by atoms with Crippen LogP contribution >= 0.6 is 11.8 Å². The van der Waals surface area contributed by atoms with E-state index in [0.29, 0.717) is 6.04 Å². The van der Waals surface area contributed by atoms with E-state index in [4.69, 9.17) is 11.5 Å². The molecule has 0 bridgehead atoms. The molecule has 4 N–H and O–H groups in total. The van der Waals surface area contributed by atoms with Crippen LogP contribution < -0.4 is 11.5 Å². The molecule has 0 amide bonds. The summed E-state index contributed by atoms with van der Waals surface area (Å²) in [6, 6.07) is 8.52. The molecular weight excluding hydrogens is 216 g/mol. The predicted octanol–water partition coefficient (Wildman–Crippen LogP) is 2.67. The van der Waals surface area contributed by atoms with Gasteiger partial charge in [-0.15, -0.1) is 0 Å². The van der Waals surface area contributed by atoms with Gasteiger partial charge in [0.2, 0.25) is 0 Å². The van der Waals surface area contributed by atoms with Crippen LogP contribution in [0.1, 0.15) is 25.3 Å². The summed E-state index contributed by atoms with van der Waals surface area (Å²) >= 11 is 1.96. The molecule has 0 radical (unpaired) electrons. The summed E-state index contributed by atoms with van der Waals surface area (Å²) in [5, 5.41) is 0. The maximum absolute atomic E-state index is 5.85. The van der Waals surface area contributed by atoms with Gasteiger partial charge in [-0.3, -0.25) is 0 Å². The zero-order chi connectivity index (χ0) is 11.8. The fraction of sp³-hybridized carbons (Fsp3) is 0.538. The fourth-order valence-electron chi connectivity index (χ4n) is 1.42. The van der Waals surface area contributed by atoms with Crippen LogP contribution in [-0.2, 0) is 6.42 Å². The highest BCUT2D eigenvalue weighted by Crippen LogP contribution is 2.11. The Hall–Kier alpha value is -0.670. The molecule has 1 atom stereocenters. The number of hydrogen-bond acceptors (Lipinski definition) is 3. The lowest BCUT2D eigenvalue weighted by Gasteiger charge is -2.07. The van der Waals surface area contributed by atoms with Crippen LogP contribution in [0.25, 0.3) is 0 Å². The number of nitrogen functional groups attached to an aromatic ring is 1. The minimum atomic E-state index is 0.363. The van der Waals surface area contributed by atoms with Crippen LogP contribution in [-0.4, -0.2) is 17.5 Å². The zero-order valence-corrected chi connectivity index (χ0v) is 10.8. The van der Waals surface area contributed by atoms with Crippen molar-refractivity contribution < 1.29 is 0 Å². The van der Waals surface area contributed by atoms with Gasteiger partial charge in [0.1, 0.15) is 0 Å². The standard InChI is InChI=1S/C13H22N2S/c1-2-12(14)10-16-9-3-4-11-5-7-13(15)8-6-11/h5-8,12H,2-4,9-10,14-15H2,1H3. The molecule has 1 aromatic carbocycles. The van der Waals surface area contributed by atoms with E-state index in [1.54, 1.807) is 0 Å². The number of thioether (sulfide) groups is 1. The Morgan fingerprint density at radius 1 is 1.25 bits per heavy atom. The Balaban J connectivity index is 2.09. The van der Waals surface area contributed by atoms with E-state index < -0.39 is 0 Å². The van der Waals surface area contributed by atoms with Gasteiger partial charge in [-0.05, 0) is 42.7 Å². The van der Waals surface area contributed by atoms with Crippen LogP contribution in [0, 0.1) is 0 Å². The normalized spacial score (nSPS) is 12.6. The molecule has 0 aliphatic heterocycles. The van der Waals surface area contributed by atoms with Crippen LogP contribution in [0.2, 0.25) is 0 Å². The number of hydrogen-bond donors (Lipinski definition) is 2. The Morgan fingerprint density at radius 3 is 2.56 bits per heavy atom. The fourth-order valence-corrected chi connectivity index (χ4v) is 2.47. The minimum absolute atomic E-state index is 0.363. The molecule has 1 rings (SSSR count). The van der Waals surface area contributed by atoms with Gasteiger partial charge in [-0.1, -0.05) is 19.1 Å². The van der Waals surface area contributed by atoms with Crippen molar-refractivity contribution in [1.29, 1.82) is 0 Å². The maximum Gasteiger partial charge on any atom is 0.0314 e. The molecule has 0 heterocycles. The first kappa shape index (κ1) is 13.4. The van der Waals surface area contributed by atoms with Crippen molar-refractivity contribution >= 4 is 17.4 Å². The van der Waals surface area contributed by atoms with E-state index in [-0.39, 0.29) is 0 Å². The quantitative estimate of drug-likeness (QED) is 0.567. The van der Waals surface area contributed by atoms with Crippen LogP contribution in [0.5, 0.6) is 0 Å². The summed E-state index contributed by atoms with van der Waals surface area (Å²) in [5.41, 5.74) is 13.7. The second-order valence-corrected chi connectivity index (χ2v) is 5.24. The third-order valence-electron chi connectivity index (χ3n) is 2.59. The molecule has 0 saturated carbocycles. The van der Waals surface area contributed by atoms with Gasteiger partial charge in [0.05, 0.1) is 0 Å². The minimum Gasteiger partial charge on any atom is -0.399 e. The second kappa shape index (κ2) is 7.58. The highest BCUT2D eigenvalue weighted by Gasteiger charge is 1.99. The Labute approximate surface area is 103 Å². The van der Waals surface area contributed by atoms with Gasteiger partial charge in [-0.2, -0.15) is 11.8 Å². The molecule has 90 valence electrons. The van der Waals surface area contributed by atoms with Crippen LogP contribution in [0.4, 0.5) is 5.69 Å². The highest BCUT2D eigenvalue weighted by atomic mass is 32.2. The molecule has 16 heavy (non-hydrogen) atoms. The van der Waals surface area contributed by atoms with Gasteiger partial charge < -0.3 is 11.5 Å². The van der Waals surface area contributed by atoms with Crippen molar-refractivity contribution in [3.63, 3.8) is 0 Å². The topological polar surface area (TPSA) is 52.0 Å². The average molecular weight is 238 g/mol. The first-order valence-corrected chi connectivity index (χ1v) is 7.05. The van der Waals surface area contributed by atoms with Crippen molar-refractivity contribution in [2.45, 2.75) is 32.2 Å². The van der Waals surface area contributed by atoms with Crippen molar-refractivity contribution in [2.24, 2.45) is 5.73 Å². The number of anilines is 1. The number of rotatable bonds is 7. The molecule has 0 spiro atoms. The average Bonchev–Trinajstić information content (AvgIpc) is 2.31. The lowest BCUT2D eigenvalue weighted by atomic mass is 10.1. The smallest absolute Gasteiger partial charge is 0.0314 e. The van der Waals surface area contributed by atoms with E-state index in [1.807, 2.05) is 23.9 Å². The van der Waals surface area contributed by atoms with Crippen molar-refractivity contribution in [3.05, 3.63) is 29.8 Å². The number of nitrogens with two attached hydrogens (primary N) is 2. The highest BCUT2D eigenvalue weighted by molar-refractivity contribution is 7.99. The van der Waals surface area contributed by atoms with Gasteiger partial charge >= 0.3 is 0 Å². The van der Waals surface area contributed by atoms with Crippen LogP contribution in [0.3, 0.4) is 0 Å². The van der Waals surface area contributed by atoms with Crippen LogP contribution in [0.15, 0.2) is 24.3 Å². The summed E-state index contributed by atoms with van der Waals surface area (Å²) in [4.78, 5) is 0. The zero-order valence-electron chi connectivity index (χ0n) is 9.99. The molecular formula is C13H22N2S. The lowest BCUT2D eigenvalue weighted by Crippen LogP contribution is -2.21. The second-order valence-electron chi connectivity index (χ2n) is 4.09. The van der Waals surface area contributed by atoms with E-state index in [0.717, 1.165) is 24.3 Å². The maximum atomic E-state index is 5.85. The molecule has 0 fully saturated rings. The Kier molecular flexibility index (Phi) is 6.34. The van der Waals surface area contributed by atoms with Gasteiger partial charge in [0.25, 0.3) is 0 Å². The van der Waals surface area contributed by atoms with E-state index >= 15 is 0 Å². The first-order valence-electron chi connectivity index (χ1n) is 5.90. The number of aryl methyl sites for hydroxylation is 1. The summed E-state index contributed by atoms with van der Waals surface area (Å²) in [7, 11) is 0. The monoisotopic (exact) mass is 238 g/mol. The largest absolute Gasteiger partial charge is 0.399 e. The predicted molar refractivity (Wildman–Crippen MR) is 74.8 cm³/mol. The Bertz CT molecular complexity index is 284. The summed E-state index contributed by atoms with van der Waals surface area (Å²) in [6.45, 7) is 2.14. The molecule has 1 aromatic rings.